The second kappa shape index (κ2) is 11.2. The summed E-state index contributed by atoms with van der Waals surface area (Å²) in [6, 6.07) is 5.27. The number of hydrogen-bond donors (Lipinski definition) is 4. The molecule has 166 valence electrons. The van der Waals surface area contributed by atoms with Crippen molar-refractivity contribution in [2.45, 2.75) is 67.3 Å². The van der Waals surface area contributed by atoms with Gasteiger partial charge in [-0.05, 0) is 29.4 Å². The van der Waals surface area contributed by atoms with Crippen molar-refractivity contribution in [2.24, 2.45) is 0 Å². The average Bonchev–Trinajstić information content (AvgIpc) is 3.19. The number of ether oxygens (including phenoxy) is 1. The molecular formula is C21H28ClNO5S2. The molecule has 1 saturated heterocycles. The lowest BCUT2D eigenvalue weighted by Gasteiger charge is -2.40. The summed E-state index contributed by atoms with van der Waals surface area (Å²) in [6.07, 6.45) is 0.149. The predicted octanol–water partition coefficient (Wildman–Crippen LogP) is 3.18. The van der Waals surface area contributed by atoms with Crippen molar-refractivity contribution in [1.29, 1.82) is 0 Å². The summed E-state index contributed by atoms with van der Waals surface area (Å²) >= 11 is 9.86. The SMILES string of the molecule is CCCCCSc1cnc(Cc2cc([C@@H]3O[C@H](CO)[C@@H](O)[C@H](O)[C@H]3O)ccc2Cl)s1. The van der Waals surface area contributed by atoms with E-state index in [1.165, 1.54) is 23.5 Å². The van der Waals surface area contributed by atoms with Crippen LogP contribution in [0.4, 0.5) is 0 Å². The van der Waals surface area contributed by atoms with Gasteiger partial charge in [0.2, 0.25) is 0 Å². The monoisotopic (exact) mass is 473 g/mol. The van der Waals surface area contributed by atoms with E-state index < -0.39 is 37.1 Å². The molecule has 0 spiro atoms. The lowest BCUT2D eigenvalue weighted by atomic mass is 9.90. The summed E-state index contributed by atoms with van der Waals surface area (Å²) in [7, 11) is 0. The molecule has 2 heterocycles. The third-order valence-electron chi connectivity index (χ3n) is 5.16. The molecule has 9 heteroatoms. The van der Waals surface area contributed by atoms with Gasteiger partial charge in [0.05, 0.1) is 22.0 Å². The van der Waals surface area contributed by atoms with Gasteiger partial charge < -0.3 is 25.2 Å². The molecule has 0 unspecified atom stereocenters. The third kappa shape index (κ3) is 5.75. The normalized spacial score (nSPS) is 26.8. The zero-order chi connectivity index (χ0) is 21.7. The van der Waals surface area contributed by atoms with E-state index in [9.17, 15) is 20.4 Å². The number of aromatic nitrogens is 1. The Bertz CT molecular complexity index is 818. The Labute approximate surface area is 189 Å². The fourth-order valence-corrected chi connectivity index (χ4v) is 5.72. The van der Waals surface area contributed by atoms with Crippen molar-refractivity contribution in [2.75, 3.05) is 12.4 Å². The lowest BCUT2D eigenvalue weighted by Crippen LogP contribution is -2.55. The Balaban J connectivity index is 1.72. The second-order valence-corrected chi connectivity index (χ2v) is 10.3. The molecule has 0 radical (unpaired) electrons. The first-order valence-electron chi connectivity index (χ1n) is 10.1. The summed E-state index contributed by atoms with van der Waals surface area (Å²) in [6.45, 7) is 1.73. The molecule has 30 heavy (non-hydrogen) atoms. The number of halogens is 1. The largest absolute Gasteiger partial charge is 0.394 e. The van der Waals surface area contributed by atoms with Crippen molar-refractivity contribution < 1.29 is 25.2 Å². The highest BCUT2D eigenvalue weighted by Crippen LogP contribution is 2.35. The highest BCUT2D eigenvalue weighted by molar-refractivity contribution is 8.01. The Morgan fingerprint density at radius 2 is 1.97 bits per heavy atom. The summed E-state index contributed by atoms with van der Waals surface area (Å²) in [5.41, 5.74) is 1.46. The molecule has 1 fully saturated rings. The molecule has 1 aliphatic heterocycles. The van der Waals surface area contributed by atoms with E-state index >= 15 is 0 Å². The van der Waals surface area contributed by atoms with Crippen molar-refractivity contribution in [3.8, 4) is 0 Å². The van der Waals surface area contributed by atoms with E-state index in [4.69, 9.17) is 16.3 Å². The number of nitrogens with zero attached hydrogens (tertiary/aromatic N) is 1. The molecule has 1 aromatic carbocycles. The quantitative estimate of drug-likeness (QED) is 0.327. The van der Waals surface area contributed by atoms with Gasteiger partial charge in [-0.15, -0.1) is 23.1 Å². The average molecular weight is 474 g/mol. The van der Waals surface area contributed by atoms with Crippen LogP contribution in [-0.4, -0.2) is 62.2 Å². The van der Waals surface area contributed by atoms with Crippen LogP contribution in [0.2, 0.25) is 5.02 Å². The molecule has 3 rings (SSSR count). The van der Waals surface area contributed by atoms with Crippen molar-refractivity contribution in [3.63, 3.8) is 0 Å². The van der Waals surface area contributed by atoms with E-state index in [1.807, 2.05) is 24.0 Å². The second-order valence-electron chi connectivity index (χ2n) is 7.41. The van der Waals surface area contributed by atoms with Crippen LogP contribution in [0.3, 0.4) is 0 Å². The van der Waals surface area contributed by atoms with Crippen molar-refractivity contribution >= 4 is 34.7 Å². The molecule has 1 aromatic heterocycles. The number of unbranched alkanes of at least 4 members (excludes halogenated alkanes) is 2. The highest BCUT2D eigenvalue weighted by Gasteiger charge is 2.44. The highest BCUT2D eigenvalue weighted by atomic mass is 35.5. The molecule has 4 N–H and O–H groups in total. The van der Waals surface area contributed by atoms with Gasteiger partial charge in [0.1, 0.15) is 30.5 Å². The van der Waals surface area contributed by atoms with Gasteiger partial charge in [-0.1, -0.05) is 43.5 Å². The van der Waals surface area contributed by atoms with Crippen LogP contribution in [0.5, 0.6) is 0 Å². The molecule has 0 amide bonds. The maximum atomic E-state index is 10.4. The van der Waals surface area contributed by atoms with Crippen molar-refractivity contribution in [3.05, 3.63) is 45.6 Å². The molecule has 6 nitrogen and oxygen atoms in total. The molecule has 0 aliphatic carbocycles. The first-order valence-corrected chi connectivity index (χ1v) is 12.3. The number of aliphatic hydroxyl groups excluding tert-OH is 4. The van der Waals surface area contributed by atoms with E-state index in [0.717, 1.165) is 16.3 Å². The zero-order valence-corrected chi connectivity index (χ0v) is 19.2. The molecule has 5 atom stereocenters. The predicted molar refractivity (Wildman–Crippen MR) is 119 cm³/mol. The molecule has 0 bridgehead atoms. The Hall–Kier alpha value is -0.710. The van der Waals surface area contributed by atoms with Gasteiger partial charge >= 0.3 is 0 Å². The fraction of sp³-hybridized carbons (Fsp3) is 0.571. The van der Waals surface area contributed by atoms with E-state index in [2.05, 4.69) is 11.9 Å². The first kappa shape index (κ1) is 23.9. The maximum absolute atomic E-state index is 10.4. The van der Waals surface area contributed by atoms with Crippen molar-refractivity contribution in [1.82, 2.24) is 4.98 Å². The minimum absolute atomic E-state index is 0.459. The van der Waals surface area contributed by atoms with Gasteiger partial charge in [-0.3, -0.25) is 0 Å². The minimum Gasteiger partial charge on any atom is -0.394 e. The third-order valence-corrected chi connectivity index (χ3v) is 7.80. The van der Waals surface area contributed by atoms with Gasteiger partial charge in [0, 0.05) is 11.4 Å². The maximum Gasteiger partial charge on any atom is 0.113 e. The van der Waals surface area contributed by atoms with Crippen LogP contribution >= 0.6 is 34.7 Å². The Morgan fingerprint density at radius 3 is 2.70 bits per heavy atom. The summed E-state index contributed by atoms with van der Waals surface area (Å²) in [5, 5.41) is 41.4. The molecular weight excluding hydrogens is 446 g/mol. The summed E-state index contributed by atoms with van der Waals surface area (Å²) < 4.78 is 6.84. The molecule has 1 aliphatic rings. The summed E-state index contributed by atoms with van der Waals surface area (Å²) in [5.74, 6) is 1.09. The van der Waals surface area contributed by atoms with Gasteiger partial charge in [0.15, 0.2) is 0 Å². The lowest BCUT2D eigenvalue weighted by molar-refractivity contribution is -0.231. The van der Waals surface area contributed by atoms with Crippen LogP contribution in [0.25, 0.3) is 0 Å². The molecule has 0 saturated carbocycles. The van der Waals surface area contributed by atoms with Gasteiger partial charge in [-0.2, -0.15) is 0 Å². The number of rotatable bonds is 9. The number of thioether (sulfide) groups is 1. The number of benzene rings is 1. The smallest absolute Gasteiger partial charge is 0.113 e. The first-order chi connectivity index (χ1) is 14.4. The fourth-order valence-electron chi connectivity index (χ4n) is 3.41. The van der Waals surface area contributed by atoms with Gasteiger partial charge in [0.25, 0.3) is 0 Å². The van der Waals surface area contributed by atoms with Crippen LogP contribution < -0.4 is 0 Å². The van der Waals surface area contributed by atoms with Crippen LogP contribution in [0, 0.1) is 0 Å². The topological polar surface area (TPSA) is 103 Å². The molecule has 2 aromatic rings. The van der Waals surface area contributed by atoms with Crippen LogP contribution in [-0.2, 0) is 11.2 Å². The minimum atomic E-state index is -1.41. The number of hydrogen-bond acceptors (Lipinski definition) is 8. The van der Waals surface area contributed by atoms with E-state index in [-0.39, 0.29) is 0 Å². The Kier molecular flexibility index (Phi) is 8.97. The van der Waals surface area contributed by atoms with Crippen LogP contribution in [0.1, 0.15) is 48.4 Å². The summed E-state index contributed by atoms with van der Waals surface area (Å²) in [4.78, 5) is 4.51. The van der Waals surface area contributed by atoms with E-state index in [0.29, 0.717) is 17.0 Å². The Morgan fingerprint density at radius 1 is 1.17 bits per heavy atom. The number of thiazole rings is 1. The zero-order valence-electron chi connectivity index (χ0n) is 16.8. The van der Waals surface area contributed by atoms with Crippen LogP contribution in [0.15, 0.2) is 28.6 Å². The van der Waals surface area contributed by atoms with E-state index in [1.54, 1.807) is 23.5 Å². The van der Waals surface area contributed by atoms with Gasteiger partial charge in [-0.25, -0.2) is 4.98 Å². The standard InChI is InChI=1S/C21H28ClNO5S2/c1-2-3-4-7-29-17-10-23-16(30-17)9-13-8-12(5-6-14(13)22)21-20(27)19(26)18(25)15(11-24)28-21/h5-6,8,10,15,18-21,24-27H,2-4,7,9,11H2,1H3/t15-,18-,19+,20-,21+/m1/s1. The number of aliphatic hydroxyl groups is 4.